The molecule has 6 heteroatoms. The normalized spacial score (nSPS) is 17.2. The minimum Gasteiger partial charge on any atom is -0.454 e. The average Bonchev–Trinajstić information content (AvgIpc) is 3.32. The van der Waals surface area contributed by atoms with Gasteiger partial charge in [0.2, 0.25) is 11.7 Å². The number of rotatable bonds is 6. The first-order chi connectivity index (χ1) is 14.9. The standard InChI is InChI=1S/C25H26N2O4/c1-4-17-9-11-19(12-10-17)27-14-18(13-22(27)28)25(30)31-16(3)24(29)23-15(2)26-21-8-6-5-7-20(21)23/h5-12,16,18,26H,4,13-14H2,1-3H3/t16-,18-/m0/s1. The highest BCUT2D eigenvalue weighted by atomic mass is 16.5. The van der Waals surface area contributed by atoms with Crippen LogP contribution in [0.5, 0.6) is 0 Å². The average molecular weight is 418 g/mol. The van der Waals surface area contributed by atoms with Crippen LogP contribution in [-0.2, 0) is 20.7 Å². The van der Waals surface area contributed by atoms with E-state index in [0.29, 0.717) is 5.56 Å². The van der Waals surface area contributed by atoms with Crippen LogP contribution < -0.4 is 4.90 Å². The van der Waals surface area contributed by atoms with Crippen molar-refractivity contribution in [2.24, 2.45) is 5.92 Å². The van der Waals surface area contributed by atoms with E-state index in [0.717, 1.165) is 28.7 Å². The van der Waals surface area contributed by atoms with Crippen LogP contribution in [0.25, 0.3) is 10.9 Å². The number of hydrogen-bond acceptors (Lipinski definition) is 4. The SMILES string of the molecule is CCc1ccc(N2C[C@@H](C(=O)O[C@@H](C)C(=O)c3c(C)[nH]c4ccccc34)CC2=O)cc1. The van der Waals surface area contributed by atoms with E-state index in [1.54, 1.807) is 11.8 Å². The number of ether oxygens (including phenoxy) is 1. The number of aromatic amines is 1. The van der Waals surface area contributed by atoms with Gasteiger partial charge in [0.1, 0.15) is 0 Å². The van der Waals surface area contributed by atoms with Crippen LogP contribution in [0.4, 0.5) is 5.69 Å². The van der Waals surface area contributed by atoms with E-state index in [1.807, 2.05) is 55.5 Å². The number of fused-ring (bicyclic) bond motifs is 1. The van der Waals surface area contributed by atoms with Crippen molar-refractivity contribution in [3.05, 3.63) is 65.4 Å². The van der Waals surface area contributed by atoms with Gasteiger partial charge in [-0.25, -0.2) is 0 Å². The van der Waals surface area contributed by atoms with Crippen LogP contribution in [0.1, 0.15) is 41.9 Å². The Morgan fingerprint density at radius 3 is 2.58 bits per heavy atom. The molecule has 2 aromatic carbocycles. The molecule has 31 heavy (non-hydrogen) atoms. The third-order valence-corrected chi connectivity index (χ3v) is 5.92. The highest BCUT2D eigenvalue weighted by Gasteiger charge is 2.37. The van der Waals surface area contributed by atoms with Crippen molar-refractivity contribution in [2.45, 2.75) is 39.7 Å². The number of hydrogen-bond donors (Lipinski definition) is 1. The van der Waals surface area contributed by atoms with Gasteiger partial charge in [0.25, 0.3) is 0 Å². The number of nitrogens with one attached hydrogen (secondary N) is 1. The summed E-state index contributed by atoms with van der Waals surface area (Å²) in [6.07, 6.45) is 0.0743. The molecule has 1 fully saturated rings. The Morgan fingerprint density at radius 2 is 1.87 bits per heavy atom. The molecule has 0 radical (unpaired) electrons. The number of aryl methyl sites for hydroxylation is 2. The second-order valence-electron chi connectivity index (χ2n) is 8.04. The number of nitrogens with zero attached hydrogens (tertiary/aromatic N) is 1. The predicted octanol–water partition coefficient (Wildman–Crippen LogP) is 4.21. The number of para-hydroxylation sites is 1. The number of benzene rings is 2. The fourth-order valence-corrected chi connectivity index (χ4v) is 4.15. The van der Waals surface area contributed by atoms with Crippen molar-refractivity contribution in [1.29, 1.82) is 0 Å². The molecule has 0 saturated carbocycles. The molecule has 160 valence electrons. The minimum absolute atomic E-state index is 0.0847. The molecule has 1 aromatic heterocycles. The first-order valence-corrected chi connectivity index (χ1v) is 10.6. The van der Waals surface area contributed by atoms with Gasteiger partial charge < -0.3 is 14.6 Å². The summed E-state index contributed by atoms with van der Waals surface area (Å²) in [7, 11) is 0. The Hall–Kier alpha value is -3.41. The third kappa shape index (κ3) is 3.98. The van der Waals surface area contributed by atoms with Gasteiger partial charge in [0.05, 0.1) is 5.92 Å². The summed E-state index contributed by atoms with van der Waals surface area (Å²) < 4.78 is 5.51. The lowest BCUT2D eigenvalue weighted by Gasteiger charge is -2.18. The Kier molecular flexibility index (Phi) is 5.63. The van der Waals surface area contributed by atoms with E-state index < -0.39 is 18.0 Å². The molecule has 6 nitrogen and oxygen atoms in total. The Balaban J connectivity index is 1.44. The maximum atomic E-state index is 13.0. The first-order valence-electron chi connectivity index (χ1n) is 10.6. The quantitative estimate of drug-likeness (QED) is 0.480. The number of amides is 1. The van der Waals surface area contributed by atoms with Crippen molar-refractivity contribution < 1.29 is 19.1 Å². The van der Waals surface area contributed by atoms with Crippen molar-refractivity contribution in [2.75, 3.05) is 11.4 Å². The van der Waals surface area contributed by atoms with Crippen molar-refractivity contribution in [1.82, 2.24) is 4.98 Å². The second kappa shape index (κ2) is 8.38. The maximum Gasteiger partial charge on any atom is 0.312 e. The van der Waals surface area contributed by atoms with Crippen LogP contribution in [0.15, 0.2) is 48.5 Å². The predicted molar refractivity (Wildman–Crippen MR) is 119 cm³/mol. The van der Waals surface area contributed by atoms with Gasteiger partial charge in [-0.3, -0.25) is 14.4 Å². The lowest BCUT2D eigenvalue weighted by Crippen LogP contribution is -2.30. The van der Waals surface area contributed by atoms with Crippen molar-refractivity contribution >= 4 is 34.3 Å². The summed E-state index contributed by atoms with van der Waals surface area (Å²) in [5, 5.41) is 0.811. The molecule has 2 heterocycles. The number of anilines is 1. The zero-order chi connectivity index (χ0) is 22.1. The molecule has 1 aliphatic heterocycles. The highest BCUT2D eigenvalue weighted by Crippen LogP contribution is 2.28. The van der Waals surface area contributed by atoms with Crippen LogP contribution in [0.2, 0.25) is 0 Å². The van der Waals surface area contributed by atoms with Gasteiger partial charge in [-0.1, -0.05) is 37.3 Å². The van der Waals surface area contributed by atoms with E-state index in [2.05, 4.69) is 11.9 Å². The number of esters is 1. The van der Waals surface area contributed by atoms with Gasteiger partial charge >= 0.3 is 5.97 Å². The number of aromatic nitrogens is 1. The van der Waals surface area contributed by atoms with Crippen molar-refractivity contribution in [3.8, 4) is 0 Å². The molecule has 1 N–H and O–H groups in total. The molecule has 3 aromatic rings. The summed E-state index contributed by atoms with van der Waals surface area (Å²) in [5.74, 6) is -1.46. The lowest BCUT2D eigenvalue weighted by atomic mass is 10.0. The van der Waals surface area contributed by atoms with E-state index in [4.69, 9.17) is 4.74 Å². The number of H-pyrrole nitrogens is 1. The van der Waals surface area contributed by atoms with Crippen LogP contribution in [0, 0.1) is 12.8 Å². The fourth-order valence-electron chi connectivity index (χ4n) is 4.15. The Bertz CT molecular complexity index is 1150. The molecular formula is C25H26N2O4. The van der Waals surface area contributed by atoms with E-state index in [1.165, 1.54) is 5.56 Å². The smallest absolute Gasteiger partial charge is 0.312 e. The van der Waals surface area contributed by atoms with Crippen LogP contribution in [-0.4, -0.2) is 35.3 Å². The monoisotopic (exact) mass is 418 g/mol. The summed E-state index contributed by atoms with van der Waals surface area (Å²) in [6, 6.07) is 15.3. The maximum absolute atomic E-state index is 13.0. The van der Waals surface area contributed by atoms with Gasteiger partial charge in [0, 0.05) is 40.8 Å². The largest absolute Gasteiger partial charge is 0.454 e. The van der Waals surface area contributed by atoms with E-state index in [-0.39, 0.29) is 24.7 Å². The van der Waals surface area contributed by atoms with E-state index >= 15 is 0 Å². The molecule has 2 atom stereocenters. The highest BCUT2D eigenvalue weighted by molar-refractivity contribution is 6.11. The van der Waals surface area contributed by atoms with Gasteiger partial charge in [-0.2, -0.15) is 0 Å². The molecule has 0 spiro atoms. The molecule has 4 rings (SSSR count). The second-order valence-corrected chi connectivity index (χ2v) is 8.04. The Morgan fingerprint density at radius 1 is 1.16 bits per heavy atom. The minimum atomic E-state index is -0.932. The third-order valence-electron chi connectivity index (χ3n) is 5.92. The number of Topliss-reactive ketones (excluding diaryl/α,β-unsaturated/α-hetero) is 1. The van der Waals surface area contributed by atoms with E-state index in [9.17, 15) is 14.4 Å². The number of ketones is 1. The fraction of sp³-hybridized carbons (Fsp3) is 0.320. The van der Waals surface area contributed by atoms with Gasteiger partial charge in [0.15, 0.2) is 6.10 Å². The van der Waals surface area contributed by atoms with Gasteiger partial charge in [-0.05, 0) is 44.0 Å². The molecule has 1 amide bonds. The molecule has 0 unspecified atom stereocenters. The van der Waals surface area contributed by atoms with Gasteiger partial charge in [-0.15, -0.1) is 0 Å². The molecule has 1 saturated heterocycles. The number of carbonyl (C=O) groups excluding carboxylic acids is 3. The zero-order valence-electron chi connectivity index (χ0n) is 18.0. The first kappa shape index (κ1) is 20.8. The summed E-state index contributed by atoms with van der Waals surface area (Å²) in [5.41, 5.74) is 4.11. The number of carbonyl (C=O) groups is 3. The summed E-state index contributed by atoms with van der Waals surface area (Å²) in [4.78, 5) is 43.1. The van der Waals surface area contributed by atoms with Crippen LogP contribution in [0.3, 0.4) is 0 Å². The zero-order valence-corrected chi connectivity index (χ0v) is 18.0. The lowest BCUT2D eigenvalue weighted by molar-refractivity contribution is -0.151. The summed E-state index contributed by atoms with van der Waals surface area (Å²) in [6.45, 7) is 5.75. The Labute approximate surface area is 181 Å². The topological polar surface area (TPSA) is 79.5 Å². The van der Waals surface area contributed by atoms with Crippen LogP contribution >= 0.6 is 0 Å². The summed E-state index contributed by atoms with van der Waals surface area (Å²) >= 11 is 0. The van der Waals surface area contributed by atoms with Crippen molar-refractivity contribution in [3.63, 3.8) is 0 Å². The molecule has 0 bridgehead atoms. The molecular weight excluding hydrogens is 392 g/mol. The molecule has 1 aliphatic rings. The molecule has 0 aliphatic carbocycles.